The van der Waals surface area contributed by atoms with Gasteiger partial charge in [0.25, 0.3) is 0 Å². The molecule has 0 unspecified atom stereocenters. The van der Waals surface area contributed by atoms with Gasteiger partial charge in [0.05, 0.1) is 12.1 Å². The van der Waals surface area contributed by atoms with Crippen molar-refractivity contribution in [3.63, 3.8) is 0 Å². The first-order chi connectivity index (χ1) is 5.68. The van der Waals surface area contributed by atoms with Gasteiger partial charge in [-0.3, -0.25) is 0 Å². The van der Waals surface area contributed by atoms with E-state index < -0.39 is 6.10 Å². The first kappa shape index (κ1) is 8.23. The highest BCUT2D eigenvalue weighted by Crippen LogP contribution is 2.31. The minimum Gasteiger partial charge on any atom is -0.391 e. The van der Waals surface area contributed by atoms with E-state index in [0.29, 0.717) is 6.42 Å². The number of halogens is 1. The average Bonchev–Trinajstić information content (AvgIpc) is 2.31. The number of hydrogen-bond acceptors (Lipinski definition) is 2. The van der Waals surface area contributed by atoms with Crippen molar-refractivity contribution in [1.82, 2.24) is 0 Å². The van der Waals surface area contributed by atoms with Crippen LogP contribution in [0.25, 0.3) is 0 Å². The third-order valence-electron chi connectivity index (χ3n) is 2.31. The monoisotopic (exact) mass is 227 g/mol. The summed E-state index contributed by atoms with van der Waals surface area (Å²) in [5.41, 5.74) is 8.02. The Morgan fingerprint density at radius 3 is 3.00 bits per heavy atom. The van der Waals surface area contributed by atoms with Crippen molar-refractivity contribution in [2.45, 2.75) is 18.6 Å². The van der Waals surface area contributed by atoms with E-state index in [0.717, 1.165) is 10.0 Å². The maximum absolute atomic E-state index is 9.47. The number of fused-ring (bicyclic) bond motifs is 1. The minimum absolute atomic E-state index is 0.211. The molecule has 64 valence electrons. The molecule has 3 N–H and O–H groups in total. The van der Waals surface area contributed by atoms with Crippen LogP contribution in [0.1, 0.15) is 17.2 Å². The Morgan fingerprint density at radius 2 is 2.25 bits per heavy atom. The largest absolute Gasteiger partial charge is 0.391 e. The second-order valence-corrected chi connectivity index (χ2v) is 4.06. The minimum atomic E-state index is -0.408. The lowest BCUT2D eigenvalue weighted by Gasteiger charge is -2.08. The third kappa shape index (κ3) is 1.18. The Kier molecular flexibility index (Phi) is 1.94. The second kappa shape index (κ2) is 2.83. The molecule has 1 aliphatic rings. The Bertz CT molecular complexity index is 313. The van der Waals surface area contributed by atoms with Gasteiger partial charge in [0, 0.05) is 10.9 Å². The fourth-order valence-corrected chi connectivity index (χ4v) is 2.00. The van der Waals surface area contributed by atoms with Gasteiger partial charge in [0.1, 0.15) is 0 Å². The Hall–Kier alpha value is -0.380. The summed E-state index contributed by atoms with van der Waals surface area (Å²) in [6.45, 7) is 0. The Balaban J connectivity index is 2.48. The summed E-state index contributed by atoms with van der Waals surface area (Å²) in [6.07, 6.45) is 0.276. The van der Waals surface area contributed by atoms with Gasteiger partial charge in [0.2, 0.25) is 0 Å². The number of aliphatic hydroxyl groups excluding tert-OH is 1. The Labute approximate surface area is 79.5 Å². The molecule has 1 aromatic rings. The van der Waals surface area contributed by atoms with Gasteiger partial charge < -0.3 is 10.8 Å². The van der Waals surface area contributed by atoms with E-state index >= 15 is 0 Å². The van der Waals surface area contributed by atoms with Crippen LogP contribution >= 0.6 is 15.9 Å². The van der Waals surface area contributed by atoms with Crippen molar-refractivity contribution in [3.8, 4) is 0 Å². The van der Waals surface area contributed by atoms with Gasteiger partial charge in [-0.15, -0.1) is 0 Å². The fourth-order valence-electron chi connectivity index (χ4n) is 1.62. The average molecular weight is 228 g/mol. The number of hydrogen-bond donors (Lipinski definition) is 2. The Morgan fingerprint density at radius 1 is 1.50 bits per heavy atom. The molecule has 0 amide bonds. The normalized spacial score (nSPS) is 27.2. The molecule has 3 heteroatoms. The highest BCUT2D eigenvalue weighted by Gasteiger charge is 2.27. The predicted molar refractivity (Wildman–Crippen MR) is 50.8 cm³/mol. The number of benzene rings is 1. The quantitative estimate of drug-likeness (QED) is 0.704. The molecule has 0 radical (unpaired) electrons. The van der Waals surface area contributed by atoms with Crippen LogP contribution in [0.5, 0.6) is 0 Å². The molecular formula is C9H10BrNO. The molecule has 2 rings (SSSR count). The highest BCUT2D eigenvalue weighted by molar-refractivity contribution is 9.10. The molecule has 1 aromatic carbocycles. The zero-order valence-electron chi connectivity index (χ0n) is 6.50. The molecular weight excluding hydrogens is 218 g/mol. The van der Waals surface area contributed by atoms with Crippen molar-refractivity contribution >= 4 is 15.9 Å². The van der Waals surface area contributed by atoms with Crippen LogP contribution in [-0.2, 0) is 6.42 Å². The summed E-state index contributed by atoms with van der Waals surface area (Å²) in [5.74, 6) is 0. The molecule has 0 saturated carbocycles. The molecule has 0 fully saturated rings. The van der Waals surface area contributed by atoms with E-state index in [2.05, 4.69) is 15.9 Å². The van der Waals surface area contributed by atoms with Gasteiger partial charge >= 0.3 is 0 Å². The van der Waals surface area contributed by atoms with Crippen LogP contribution < -0.4 is 5.73 Å². The number of nitrogens with two attached hydrogens (primary N) is 1. The molecule has 0 aliphatic heterocycles. The summed E-state index contributed by atoms with van der Waals surface area (Å²) < 4.78 is 1.02. The van der Waals surface area contributed by atoms with Crippen molar-refractivity contribution in [1.29, 1.82) is 0 Å². The van der Waals surface area contributed by atoms with Crippen molar-refractivity contribution < 1.29 is 5.11 Å². The number of aliphatic hydroxyl groups is 1. The third-order valence-corrected chi connectivity index (χ3v) is 2.80. The van der Waals surface area contributed by atoms with Crippen molar-refractivity contribution in [2.75, 3.05) is 0 Å². The lowest BCUT2D eigenvalue weighted by molar-refractivity contribution is 0.158. The topological polar surface area (TPSA) is 46.2 Å². The lowest BCUT2D eigenvalue weighted by Crippen LogP contribution is -2.21. The van der Waals surface area contributed by atoms with Gasteiger partial charge in [-0.1, -0.05) is 22.0 Å². The zero-order chi connectivity index (χ0) is 8.72. The molecule has 2 nitrogen and oxygen atoms in total. The number of rotatable bonds is 0. The van der Waals surface area contributed by atoms with E-state index in [4.69, 9.17) is 5.73 Å². The van der Waals surface area contributed by atoms with Crippen LogP contribution in [-0.4, -0.2) is 11.2 Å². The molecule has 0 bridgehead atoms. The SMILES string of the molecule is N[C@H]1c2cc(Br)ccc2C[C@@H]1O. The molecule has 0 saturated heterocycles. The van der Waals surface area contributed by atoms with Crippen molar-refractivity contribution in [2.24, 2.45) is 5.73 Å². The van der Waals surface area contributed by atoms with Gasteiger partial charge in [0.15, 0.2) is 0 Å². The lowest BCUT2D eigenvalue weighted by atomic mass is 10.1. The molecule has 0 heterocycles. The smallest absolute Gasteiger partial charge is 0.0773 e. The summed E-state index contributed by atoms with van der Waals surface area (Å²) in [5, 5.41) is 9.47. The van der Waals surface area contributed by atoms with Gasteiger partial charge in [-0.05, 0) is 23.3 Å². The van der Waals surface area contributed by atoms with E-state index in [9.17, 15) is 5.11 Å². The van der Waals surface area contributed by atoms with Gasteiger partial charge in [-0.2, -0.15) is 0 Å². The zero-order valence-corrected chi connectivity index (χ0v) is 8.08. The first-order valence-electron chi connectivity index (χ1n) is 3.90. The second-order valence-electron chi connectivity index (χ2n) is 3.14. The van der Waals surface area contributed by atoms with Crippen LogP contribution in [0.2, 0.25) is 0 Å². The van der Waals surface area contributed by atoms with Crippen LogP contribution in [0.3, 0.4) is 0 Å². The summed E-state index contributed by atoms with van der Waals surface area (Å²) in [7, 11) is 0. The van der Waals surface area contributed by atoms with E-state index in [1.165, 1.54) is 5.56 Å². The standard InChI is InChI=1S/C9H10BrNO/c10-6-2-1-5-3-8(12)9(11)7(5)4-6/h1-2,4,8-9,12H,3,11H2/t8-,9-/m0/s1. The van der Waals surface area contributed by atoms with Crippen LogP contribution in [0, 0.1) is 0 Å². The van der Waals surface area contributed by atoms with E-state index in [-0.39, 0.29) is 6.04 Å². The summed E-state index contributed by atoms with van der Waals surface area (Å²) in [6, 6.07) is 5.76. The maximum Gasteiger partial charge on any atom is 0.0773 e. The molecule has 1 aliphatic carbocycles. The summed E-state index contributed by atoms with van der Waals surface area (Å²) in [4.78, 5) is 0. The van der Waals surface area contributed by atoms with E-state index in [1.807, 2.05) is 18.2 Å². The molecule has 12 heavy (non-hydrogen) atoms. The van der Waals surface area contributed by atoms with E-state index in [1.54, 1.807) is 0 Å². The van der Waals surface area contributed by atoms with Crippen molar-refractivity contribution in [3.05, 3.63) is 33.8 Å². The predicted octanol–water partition coefficient (Wildman–Crippen LogP) is 1.37. The van der Waals surface area contributed by atoms with Crippen LogP contribution in [0.15, 0.2) is 22.7 Å². The maximum atomic E-state index is 9.47. The molecule has 0 spiro atoms. The molecule has 0 aromatic heterocycles. The first-order valence-corrected chi connectivity index (χ1v) is 4.70. The fraction of sp³-hybridized carbons (Fsp3) is 0.333. The van der Waals surface area contributed by atoms with Crippen LogP contribution in [0.4, 0.5) is 0 Å². The molecule has 2 atom stereocenters. The highest BCUT2D eigenvalue weighted by atomic mass is 79.9. The van der Waals surface area contributed by atoms with Gasteiger partial charge in [-0.25, -0.2) is 0 Å². The summed E-state index contributed by atoms with van der Waals surface area (Å²) >= 11 is 3.38.